The number of aromatic hydroxyl groups is 1. The number of amides is 1. The van der Waals surface area contributed by atoms with E-state index in [0.29, 0.717) is 23.1 Å². The van der Waals surface area contributed by atoms with Crippen LogP contribution in [-0.2, 0) is 13.6 Å². The fourth-order valence-electron chi connectivity index (χ4n) is 3.04. The lowest BCUT2D eigenvalue weighted by molar-refractivity contribution is 0.1000. The van der Waals surface area contributed by atoms with E-state index in [1.807, 2.05) is 48.8 Å². The number of rotatable bonds is 4. The van der Waals surface area contributed by atoms with Gasteiger partial charge >= 0.3 is 0 Å². The zero-order valence-corrected chi connectivity index (χ0v) is 16.4. The van der Waals surface area contributed by atoms with Gasteiger partial charge in [0.05, 0.1) is 5.56 Å². The molecule has 0 atom stereocenters. The summed E-state index contributed by atoms with van der Waals surface area (Å²) in [6, 6.07) is 7.17. The van der Waals surface area contributed by atoms with Crippen LogP contribution in [-0.4, -0.2) is 39.6 Å². The second kappa shape index (κ2) is 8.40. The van der Waals surface area contributed by atoms with E-state index in [0.717, 1.165) is 16.8 Å². The minimum atomic E-state index is -0.494. The number of primary amides is 1. The van der Waals surface area contributed by atoms with Gasteiger partial charge in [-0.3, -0.25) is 9.78 Å². The summed E-state index contributed by atoms with van der Waals surface area (Å²) in [5.74, 6) is -0.397. The van der Waals surface area contributed by atoms with E-state index in [9.17, 15) is 9.90 Å². The highest BCUT2D eigenvalue weighted by Gasteiger charge is 2.21. The number of aryl methyl sites for hydroxylation is 1. The van der Waals surface area contributed by atoms with Crippen molar-refractivity contribution in [3.05, 3.63) is 47.9 Å². The Kier molecular flexibility index (Phi) is 7.03. The van der Waals surface area contributed by atoms with E-state index in [4.69, 9.17) is 5.73 Å². The van der Waals surface area contributed by atoms with Crippen molar-refractivity contribution in [1.29, 1.82) is 0 Å². The number of hydrogen-bond acceptors (Lipinski definition) is 4. The number of pyridine rings is 1. The number of phenols is 1. The molecular formula is C18H22Cl2N4O2. The van der Waals surface area contributed by atoms with Gasteiger partial charge in [0.1, 0.15) is 5.75 Å². The van der Waals surface area contributed by atoms with Gasteiger partial charge in [-0.05, 0) is 32.3 Å². The molecule has 0 unspecified atom stereocenters. The molecule has 0 saturated heterocycles. The van der Waals surface area contributed by atoms with Crippen molar-refractivity contribution in [2.45, 2.75) is 6.54 Å². The zero-order valence-electron chi connectivity index (χ0n) is 14.8. The molecule has 2 aromatic heterocycles. The highest BCUT2D eigenvalue weighted by atomic mass is 35.5. The number of aromatic nitrogens is 2. The maximum atomic E-state index is 12.0. The molecule has 1 aromatic carbocycles. The molecule has 3 aromatic rings. The summed E-state index contributed by atoms with van der Waals surface area (Å²) in [5.41, 5.74) is 9.21. The Morgan fingerprint density at radius 3 is 2.54 bits per heavy atom. The largest absolute Gasteiger partial charge is 0.507 e. The Bertz CT molecular complexity index is 924. The summed E-state index contributed by atoms with van der Waals surface area (Å²) in [6.07, 6.45) is 3.38. The normalized spacial score (nSPS) is 10.5. The van der Waals surface area contributed by atoms with Crippen molar-refractivity contribution in [1.82, 2.24) is 14.5 Å². The van der Waals surface area contributed by atoms with Crippen LogP contribution in [0.4, 0.5) is 0 Å². The molecule has 0 saturated carbocycles. The molecule has 2 heterocycles. The maximum Gasteiger partial charge on any atom is 0.251 e. The lowest BCUT2D eigenvalue weighted by Crippen LogP contribution is -2.19. The average Bonchev–Trinajstić information content (AvgIpc) is 2.79. The fourth-order valence-corrected chi connectivity index (χ4v) is 3.04. The third-order valence-electron chi connectivity index (χ3n) is 4.12. The molecule has 0 fully saturated rings. The average molecular weight is 397 g/mol. The summed E-state index contributed by atoms with van der Waals surface area (Å²) in [5, 5.41) is 11.1. The Morgan fingerprint density at radius 2 is 2.00 bits per heavy atom. The van der Waals surface area contributed by atoms with Crippen molar-refractivity contribution in [2.75, 3.05) is 14.1 Å². The summed E-state index contributed by atoms with van der Waals surface area (Å²) >= 11 is 0. The second-order valence-electron chi connectivity index (χ2n) is 6.11. The first kappa shape index (κ1) is 21.8. The molecule has 6 nitrogen and oxygen atoms in total. The topological polar surface area (TPSA) is 84.4 Å². The Morgan fingerprint density at radius 1 is 1.31 bits per heavy atom. The van der Waals surface area contributed by atoms with E-state index >= 15 is 0 Å². The van der Waals surface area contributed by atoms with Crippen LogP contribution in [0.5, 0.6) is 5.75 Å². The third-order valence-corrected chi connectivity index (χ3v) is 4.12. The summed E-state index contributed by atoms with van der Waals surface area (Å²) in [6.45, 7) is 0.576. The molecule has 3 N–H and O–H groups in total. The number of nitrogens with two attached hydrogens (primary N) is 1. The van der Waals surface area contributed by atoms with Gasteiger partial charge in [0, 0.05) is 53.7 Å². The van der Waals surface area contributed by atoms with Gasteiger partial charge in [0.25, 0.3) is 5.91 Å². The lowest BCUT2D eigenvalue weighted by atomic mass is 10.0. The van der Waals surface area contributed by atoms with E-state index in [1.165, 1.54) is 0 Å². The van der Waals surface area contributed by atoms with Gasteiger partial charge in [-0.2, -0.15) is 0 Å². The van der Waals surface area contributed by atoms with E-state index in [1.54, 1.807) is 18.5 Å². The molecule has 26 heavy (non-hydrogen) atoms. The third kappa shape index (κ3) is 3.77. The van der Waals surface area contributed by atoms with Gasteiger partial charge in [-0.25, -0.2) is 0 Å². The number of halogens is 2. The van der Waals surface area contributed by atoms with Crippen LogP contribution in [0.1, 0.15) is 16.1 Å². The molecule has 3 rings (SSSR count). The Balaban J connectivity index is 0.00000169. The van der Waals surface area contributed by atoms with E-state index in [-0.39, 0.29) is 30.6 Å². The van der Waals surface area contributed by atoms with Crippen LogP contribution in [0.25, 0.3) is 22.0 Å². The van der Waals surface area contributed by atoms with Crippen molar-refractivity contribution in [3.8, 4) is 16.9 Å². The second-order valence-corrected chi connectivity index (χ2v) is 6.11. The first-order valence-corrected chi connectivity index (χ1v) is 7.59. The summed E-state index contributed by atoms with van der Waals surface area (Å²) in [7, 11) is 5.76. The van der Waals surface area contributed by atoms with Crippen molar-refractivity contribution in [3.63, 3.8) is 0 Å². The van der Waals surface area contributed by atoms with Crippen LogP contribution >= 0.6 is 24.8 Å². The monoisotopic (exact) mass is 396 g/mol. The molecule has 0 aliphatic heterocycles. The molecule has 1 amide bonds. The molecule has 0 spiro atoms. The van der Waals surface area contributed by atoms with Crippen molar-refractivity contribution < 1.29 is 9.90 Å². The smallest absolute Gasteiger partial charge is 0.251 e. The standard InChI is InChI=1S/C18H20N4O2.2ClH/c1-21(2)10-15-17(18(19)24)13-8-16(23)12(7-14(13)22(15)3)11-5-4-6-20-9-11;;/h4-9,23H,10H2,1-3H3,(H2,19,24);2*1H. The van der Waals surface area contributed by atoms with Crippen LogP contribution in [0.3, 0.4) is 0 Å². The molecule has 0 radical (unpaired) electrons. The number of carbonyl (C=O) groups excluding carboxylic acids is 1. The van der Waals surface area contributed by atoms with Crippen LogP contribution < -0.4 is 5.73 Å². The highest BCUT2D eigenvalue weighted by molar-refractivity contribution is 6.09. The summed E-state index contributed by atoms with van der Waals surface area (Å²) in [4.78, 5) is 18.1. The minimum Gasteiger partial charge on any atom is -0.507 e. The predicted molar refractivity (Wildman–Crippen MR) is 108 cm³/mol. The predicted octanol–water partition coefficient (Wildman–Crippen LogP) is 2.95. The molecule has 0 bridgehead atoms. The molecule has 0 aliphatic carbocycles. The van der Waals surface area contributed by atoms with E-state index < -0.39 is 5.91 Å². The van der Waals surface area contributed by atoms with Crippen molar-refractivity contribution in [2.24, 2.45) is 12.8 Å². The number of phenolic OH excluding ortho intramolecular Hbond substituents is 1. The van der Waals surface area contributed by atoms with Crippen LogP contribution in [0, 0.1) is 0 Å². The number of carbonyl (C=O) groups is 1. The van der Waals surface area contributed by atoms with E-state index in [2.05, 4.69) is 4.98 Å². The van der Waals surface area contributed by atoms with Gasteiger partial charge in [0.15, 0.2) is 0 Å². The molecule has 0 aliphatic rings. The van der Waals surface area contributed by atoms with Gasteiger partial charge in [0.2, 0.25) is 0 Å². The molecular weight excluding hydrogens is 375 g/mol. The van der Waals surface area contributed by atoms with Gasteiger partial charge < -0.3 is 20.3 Å². The van der Waals surface area contributed by atoms with Gasteiger partial charge in [-0.15, -0.1) is 24.8 Å². The first-order valence-electron chi connectivity index (χ1n) is 7.59. The van der Waals surface area contributed by atoms with Gasteiger partial charge in [-0.1, -0.05) is 6.07 Å². The SMILES string of the molecule is CN(C)Cc1c(C(N)=O)c2cc(O)c(-c3cccnc3)cc2n1C.Cl.Cl. The zero-order chi connectivity index (χ0) is 17.4. The maximum absolute atomic E-state index is 12.0. The van der Waals surface area contributed by atoms with Crippen LogP contribution in [0.15, 0.2) is 36.7 Å². The number of benzene rings is 1. The molecule has 140 valence electrons. The highest BCUT2D eigenvalue weighted by Crippen LogP contribution is 2.36. The number of fused-ring (bicyclic) bond motifs is 1. The van der Waals surface area contributed by atoms with Crippen molar-refractivity contribution >= 4 is 41.6 Å². The number of hydrogen-bond donors (Lipinski definition) is 2. The number of nitrogens with zero attached hydrogens (tertiary/aromatic N) is 3. The fraction of sp³-hybridized carbons (Fsp3) is 0.222. The Labute approximate surface area is 164 Å². The Hall–Kier alpha value is -2.28. The summed E-state index contributed by atoms with van der Waals surface area (Å²) < 4.78 is 1.95. The minimum absolute atomic E-state index is 0. The quantitative estimate of drug-likeness (QED) is 0.709. The van der Waals surface area contributed by atoms with Crippen LogP contribution in [0.2, 0.25) is 0 Å². The first-order chi connectivity index (χ1) is 11.4. The molecule has 8 heteroatoms. The lowest BCUT2D eigenvalue weighted by Gasteiger charge is -2.12.